The van der Waals surface area contributed by atoms with Crippen LogP contribution in [-0.4, -0.2) is 20.2 Å². The van der Waals surface area contributed by atoms with Crippen molar-refractivity contribution in [2.45, 2.75) is 13.8 Å². The summed E-state index contributed by atoms with van der Waals surface area (Å²) in [6.45, 7) is 3.99. The number of benzene rings is 1. The predicted molar refractivity (Wildman–Crippen MR) is 93.5 cm³/mol. The smallest absolute Gasteiger partial charge is 0.260 e. The zero-order chi connectivity index (χ0) is 16.5. The van der Waals surface area contributed by atoms with Gasteiger partial charge in [-0.1, -0.05) is 17.7 Å². The van der Waals surface area contributed by atoms with E-state index >= 15 is 0 Å². The van der Waals surface area contributed by atoms with Crippen LogP contribution in [0.1, 0.15) is 11.3 Å². The van der Waals surface area contributed by atoms with E-state index in [1.807, 2.05) is 50.2 Å². The van der Waals surface area contributed by atoms with Crippen molar-refractivity contribution in [2.24, 2.45) is 0 Å². The fraction of sp³-hybridized carbons (Fsp3) is 0.111. The molecule has 0 aliphatic carbocycles. The van der Waals surface area contributed by atoms with Crippen molar-refractivity contribution in [3.05, 3.63) is 60.0 Å². The van der Waals surface area contributed by atoms with Gasteiger partial charge < -0.3 is 4.42 Å². The van der Waals surface area contributed by atoms with E-state index in [-0.39, 0.29) is 0 Å². The molecule has 5 nitrogen and oxygen atoms in total. The highest BCUT2D eigenvalue weighted by molar-refractivity contribution is 7.18. The van der Waals surface area contributed by atoms with Crippen LogP contribution in [-0.2, 0) is 0 Å². The monoisotopic (exact) mass is 334 g/mol. The Kier molecular flexibility index (Phi) is 3.66. The van der Waals surface area contributed by atoms with Crippen LogP contribution < -0.4 is 0 Å². The first-order chi connectivity index (χ1) is 11.7. The number of aryl methyl sites for hydroxylation is 2. The molecule has 0 spiro atoms. The second-order valence-corrected chi connectivity index (χ2v) is 6.45. The number of thiazole rings is 1. The fourth-order valence-electron chi connectivity index (χ4n) is 2.34. The van der Waals surface area contributed by atoms with Gasteiger partial charge in [0.25, 0.3) is 5.89 Å². The molecule has 0 N–H and O–H groups in total. The summed E-state index contributed by atoms with van der Waals surface area (Å²) in [7, 11) is 0. The van der Waals surface area contributed by atoms with Crippen molar-refractivity contribution >= 4 is 11.3 Å². The van der Waals surface area contributed by atoms with E-state index in [1.54, 1.807) is 12.4 Å². The van der Waals surface area contributed by atoms with E-state index in [9.17, 15) is 0 Å². The molecule has 1 aromatic carbocycles. The summed E-state index contributed by atoms with van der Waals surface area (Å²) in [4.78, 5) is 9.63. The maximum Gasteiger partial charge on any atom is 0.260 e. The largest absolute Gasteiger partial charge is 0.415 e. The normalized spacial score (nSPS) is 10.9. The van der Waals surface area contributed by atoms with Gasteiger partial charge in [-0.15, -0.1) is 21.5 Å². The van der Waals surface area contributed by atoms with Crippen LogP contribution in [0.25, 0.3) is 32.8 Å². The minimum absolute atomic E-state index is 0.496. The Morgan fingerprint density at radius 3 is 2.46 bits per heavy atom. The number of hydrogen-bond donors (Lipinski definition) is 0. The lowest BCUT2D eigenvalue weighted by atomic mass is 10.1. The molecule has 0 atom stereocenters. The summed E-state index contributed by atoms with van der Waals surface area (Å²) in [5.41, 5.74) is 3.96. The highest BCUT2D eigenvalue weighted by Crippen LogP contribution is 2.35. The molecule has 3 aromatic heterocycles. The Morgan fingerprint density at radius 1 is 0.917 bits per heavy atom. The third-order valence-corrected chi connectivity index (χ3v) is 4.82. The minimum Gasteiger partial charge on any atom is -0.415 e. The summed E-state index contributed by atoms with van der Waals surface area (Å²) in [6.07, 6.45) is 3.55. The third kappa shape index (κ3) is 2.72. The molecule has 118 valence electrons. The van der Waals surface area contributed by atoms with Gasteiger partial charge in [-0.3, -0.25) is 4.98 Å². The lowest BCUT2D eigenvalue weighted by Crippen LogP contribution is -1.79. The van der Waals surface area contributed by atoms with E-state index in [4.69, 9.17) is 4.42 Å². The number of rotatable bonds is 3. The molecule has 0 aliphatic heterocycles. The van der Waals surface area contributed by atoms with Gasteiger partial charge in [-0.25, -0.2) is 4.98 Å². The maximum absolute atomic E-state index is 5.86. The third-order valence-electron chi connectivity index (χ3n) is 3.62. The van der Waals surface area contributed by atoms with Gasteiger partial charge in [-0.05, 0) is 38.1 Å². The quantitative estimate of drug-likeness (QED) is 0.550. The second kappa shape index (κ2) is 5.98. The Morgan fingerprint density at radius 2 is 1.71 bits per heavy atom. The SMILES string of the molecule is Cc1ccc(-c2nnc(-c3sc(-c4cccnc4)nc3C)o2)cc1. The standard InChI is InChI=1S/C18H14N4OS/c1-11-5-7-13(8-6-11)16-21-22-17(23-16)15-12(2)20-18(24-15)14-4-3-9-19-10-14/h3-10H,1-2H3. The van der Waals surface area contributed by atoms with Crippen LogP contribution in [0.3, 0.4) is 0 Å². The van der Waals surface area contributed by atoms with Gasteiger partial charge in [-0.2, -0.15) is 0 Å². The van der Waals surface area contributed by atoms with Crippen LogP contribution in [0.4, 0.5) is 0 Å². The molecule has 24 heavy (non-hydrogen) atoms. The van der Waals surface area contributed by atoms with Crippen LogP contribution in [0.2, 0.25) is 0 Å². The van der Waals surface area contributed by atoms with E-state index in [2.05, 4.69) is 20.2 Å². The van der Waals surface area contributed by atoms with E-state index < -0.39 is 0 Å². The maximum atomic E-state index is 5.86. The predicted octanol–water partition coefficient (Wildman–Crippen LogP) is 4.54. The van der Waals surface area contributed by atoms with E-state index in [0.717, 1.165) is 26.7 Å². The van der Waals surface area contributed by atoms with Crippen molar-refractivity contribution in [1.29, 1.82) is 0 Å². The Bertz CT molecular complexity index is 974. The van der Waals surface area contributed by atoms with Crippen LogP contribution in [0.15, 0.2) is 53.2 Å². The molecule has 4 aromatic rings. The molecular formula is C18H14N4OS. The number of hydrogen-bond acceptors (Lipinski definition) is 6. The lowest BCUT2D eigenvalue weighted by molar-refractivity contribution is 0.585. The van der Waals surface area contributed by atoms with Gasteiger partial charge in [0, 0.05) is 23.5 Å². The molecule has 0 saturated heterocycles. The summed E-state index contributed by atoms with van der Waals surface area (Å²) < 4.78 is 5.86. The first-order valence-electron chi connectivity index (χ1n) is 7.49. The molecule has 0 amide bonds. The number of aromatic nitrogens is 4. The fourth-order valence-corrected chi connectivity index (χ4v) is 3.31. The zero-order valence-electron chi connectivity index (χ0n) is 13.2. The first-order valence-corrected chi connectivity index (χ1v) is 8.31. The summed E-state index contributed by atoms with van der Waals surface area (Å²) >= 11 is 1.53. The molecular weight excluding hydrogens is 320 g/mol. The minimum atomic E-state index is 0.496. The molecule has 6 heteroatoms. The highest BCUT2D eigenvalue weighted by atomic mass is 32.1. The van der Waals surface area contributed by atoms with Crippen LogP contribution in [0.5, 0.6) is 0 Å². The van der Waals surface area contributed by atoms with Crippen molar-refractivity contribution in [2.75, 3.05) is 0 Å². The topological polar surface area (TPSA) is 64.7 Å². The zero-order valence-corrected chi connectivity index (χ0v) is 14.0. The number of nitrogens with zero attached hydrogens (tertiary/aromatic N) is 4. The van der Waals surface area contributed by atoms with Gasteiger partial charge in [0.1, 0.15) is 9.88 Å². The van der Waals surface area contributed by atoms with Crippen molar-refractivity contribution in [3.8, 4) is 32.8 Å². The van der Waals surface area contributed by atoms with Gasteiger partial charge >= 0.3 is 0 Å². The van der Waals surface area contributed by atoms with Gasteiger partial charge in [0.05, 0.1) is 5.69 Å². The van der Waals surface area contributed by atoms with Crippen LogP contribution in [0, 0.1) is 13.8 Å². The van der Waals surface area contributed by atoms with E-state index in [0.29, 0.717) is 11.8 Å². The van der Waals surface area contributed by atoms with Crippen LogP contribution >= 0.6 is 11.3 Å². The Balaban J connectivity index is 1.70. The molecule has 0 radical (unpaired) electrons. The van der Waals surface area contributed by atoms with Crippen molar-refractivity contribution in [3.63, 3.8) is 0 Å². The molecule has 0 aliphatic rings. The summed E-state index contributed by atoms with van der Waals surface area (Å²) in [5.74, 6) is 1.01. The summed E-state index contributed by atoms with van der Waals surface area (Å²) in [5, 5.41) is 9.25. The van der Waals surface area contributed by atoms with Gasteiger partial charge in [0.15, 0.2) is 0 Å². The molecule has 0 bridgehead atoms. The average molecular weight is 334 g/mol. The van der Waals surface area contributed by atoms with Crippen molar-refractivity contribution < 1.29 is 4.42 Å². The molecule has 3 heterocycles. The summed E-state index contributed by atoms with van der Waals surface area (Å²) in [6, 6.07) is 11.9. The average Bonchev–Trinajstić information content (AvgIpc) is 3.23. The molecule has 0 fully saturated rings. The highest BCUT2D eigenvalue weighted by Gasteiger charge is 2.17. The first kappa shape index (κ1) is 14.7. The molecule has 0 unspecified atom stereocenters. The second-order valence-electron chi connectivity index (χ2n) is 5.45. The Hall–Kier alpha value is -2.86. The van der Waals surface area contributed by atoms with Gasteiger partial charge in [0.2, 0.25) is 5.89 Å². The van der Waals surface area contributed by atoms with Crippen molar-refractivity contribution in [1.82, 2.24) is 20.2 Å². The Labute approximate surface area is 143 Å². The molecule has 0 saturated carbocycles. The van der Waals surface area contributed by atoms with E-state index in [1.165, 1.54) is 16.9 Å². The molecule has 4 rings (SSSR count). The lowest BCUT2D eigenvalue weighted by Gasteiger charge is -1.95. The number of pyridine rings is 1.